The maximum atomic E-state index is 12.8. The molecule has 0 bridgehead atoms. The number of benzene rings is 1. The van der Waals surface area contributed by atoms with Crippen LogP contribution in [0.4, 0.5) is 4.79 Å². The topological polar surface area (TPSA) is 90.0 Å². The van der Waals surface area contributed by atoms with Gasteiger partial charge in [0.1, 0.15) is 11.6 Å². The van der Waals surface area contributed by atoms with E-state index in [-0.39, 0.29) is 11.3 Å². The lowest BCUT2D eigenvalue weighted by atomic mass is 9.97. The molecule has 1 unspecified atom stereocenters. The minimum atomic E-state index is -4.13. The first kappa shape index (κ1) is 17.3. The van der Waals surface area contributed by atoms with Crippen molar-refractivity contribution in [3.05, 3.63) is 29.8 Å². The molecule has 8 heteroatoms. The van der Waals surface area contributed by atoms with E-state index in [2.05, 4.69) is 4.74 Å². The summed E-state index contributed by atoms with van der Waals surface area (Å²) < 4.78 is 36.0. The smallest absolute Gasteiger partial charge is 0.424 e. The van der Waals surface area contributed by atoms with Crippen LogP contribution < -0.4 is 0 Å². The molecule has 0 saturated carbocycles. The lowest BCUT2D eigenvalue weighted by Crippen LogP contribution is -2.46. The minimum absolute atomic E-state index is 0.0346. The van der Waals surface area contributed by atoms with Gasteiger partial charge in [0.05, 0.1) is 18.4 Å². The van der Waals surface area contributed by atoms with Gasteiger partial charge in [0, 0.05) is 0 Å². The summed E-state index contributed by atoms with van der Waals surface area (Å²) in [4.78, 5) is 23.7. The van der Waals surface area contributed by atoms with E-state index in [0.717, 1.165) is 5.56 Å². The van der Waals surface area contributed by atoms with Gasteiger partial charge < -0.3 is 9.47 Å². The van der Waals surface area contributed by atoms with Crippen molar-refractivity contribution in [2.45, 2.75) is 43.7 Å². The number of carbonyl (C=O) groups is 2. The summed E-state index contributed by atoms with van der Waals surface area (Å²) in [6.45, 7) is 4.94. The van der Waals surface area contributed by atoms with E-state index in [1.54, 1.807) is 26.0 Å². The quantitative estimate of drug-likeness (QED) is 0.776. The van der Waals surface area contributed by atoms with Gasteiger partial charge in [-0.05, 0) is 32.9 Å². The number of amides is 1. The Hall–Kier alpha value is -2.09. The van der Waals surface area contributed by atoms with E-state index in [1.165, 1.54) is 19.2 Å². The van der Waals surface area contributed by atoms with Gasteiger partial charge in [-0.25, -0.2) is 13.2 Å². The third kappa shape index (κ3) is 3.17. The zero-order valence-corrected chi connectivity index (χ0v) is 14.2. The number of methoxy groups -OCH3 is 1. The number of ether oxygens (including phenoxy) is 2. The van der Waals surface area contributed by atoms with Crippen molar-refractivity contribution in [1.82, 2.24) is 4.31 Å². The molecule has 1 heterocycles. The molecule has 2 rings (SSSR count). The Morgan fingerprint density at radius 1 is 1.30 bits per heavy atom. The van der Waals surface area contributed by atoms with Crippen LogP contribution in [-0.4, -0.2) is 43.5 Å². The second-order valence-electron chi connectivity index (χ2n) is 5.88. The number of aryl methyl sites for hydroxylation is 1. The molecule has 1 aromatic rings. The van der Waals surface area contributed by atoms with Crippen molar-refractivity contribution < 1.29 is 27.5 Å². The number of hydrogen-bond donors (Lipinski definition) is 0. The van der Waals surface area contributed by atoms with Crippen molar-refractivity contribution in [3.8, 4) is 0 Å². The van der Waals surface area contributed by atoms with Gasteiger partial charge in [-0.2, -0.15) is 4.31 Å². The first-order chi connectivity index (χ1) is 10.6. The molecule has 23 heavy (non-hydrogen) atoms. The number of hydrogen-bond acceptors (Lipinski definition) is 6. The van der Waals surface area contributed by atoms with Crippen LogP contribution in [0.1, 0.15) is 25.8 Å². The molecule has 0 N–H and O–H groups in total. The Morgan fingerprint density at radius 2 is 1.87 bits per heavy atom. The molecule has 1 saturated heterocycles. The zero-order chi connectivity index (χ0) is 17.4. The zero-order valence-electron chi connectivity index (χ0n) is 13.4. The highest BCUT2D eigenvalue weighted by Gasteiger charge is 2.54. The maximum absolute atomic E-state index is 12.8. The summed E-state index contributed by atoms with van der Waals surface area (Å²) in [6.07, 6.45) is -1.27. The van der Waals surface area contributed by atoms with Crippen molar-refractivity contribution in [2.75, 3.05) is 7.11 Å². The van der Waals surface area contributed by atoms with Crippen molar-refractivity contribution in [3.63, 3.8) is 0 Å². The Morgan fingerprint density at radius 3 is 2.39 bits per heavy atom. The predicted octanol–water partition coefficient (Wildman–Crippen LogP) is 1.85. The first-order valence-electron chi connectivity index (χ1n) is 7.00. The Balaban J connectivity index is 2.46. The molecule has 1 amide bonds. The van der Waals surface area contributed by atoms with E-state index in [4.69, 9.17) is 4.74 Å². The van der Waals surface area contributed by atoms with Gasteiger partial charge in [0.25, 0.3) is 10.0 Å². The van der Waals surface area contributed by atoms with E-state index in [0.29, 0.717) is 4.31 Å². The summed E-state index contributed by atoms with van der Waals surface area (Å²) in [7, 11) is -2.93. The second kappa shape index (κ2) is 5.84. The normalized spacial score (nSPS) is 20.3. The average Bonchev–Trinajstić information content (AvgIpc) is 2.68. The van der Waals surface area contributed by atoms with E-state index < -0.39 is 33.7 Å². The fourth-order valence-corrected chi connectivity index (χ4v) is 4.01. The summed E-state index contributed by atoms with van der Waals surface area (Å²) in [5.41, 5.74) is -0.248. The van der Waals surface area contributed by atoms with Crippen LogP contribution in [0.25, 0.3) is 0 Å². The number of sulfonamides is 1. The highest BCUT2D eigenvalue weighted by molar-refractivity contribution is 7.89. The van der Waals surface area contributed by atoms with Crippen LogP contribution in [0.3, 0.4) is 0 Å². The number of carbonyl (C=O) groups excluding carboxylic acids is 2. The fraction of sp³-hybridized carbons (Fsp3) is 0.467. The maximum Gasteiger partial charge on any atom is 0.424 e. The average molecular weight is 341 g/mol. The standard InChI is InChI=1S/C15H19NO6S/c1-10-5-7-11(8-6-10)23(19,20)16-12(9-13(17)21-4)15(2,3)22-14(16)18/h5-8,12H,9H2,1-4H3. The Labute approximate surface area is 135 Å². The van der Waals surface area contributed by atoms with Crippen molar-refractivity contribution in [2.24, 2.45) is 0 Å². The van der Waals surface area contributed by atoms with Crippen LogP contribution in [0.2, 0.25) is 0 Å². The molecule has 0 radical (unpaired) electrons. The van der Waals surface area contributed by atoms with E-state index in [9.17, 15) is 18.0 Å². The fourth-order valence-electron chi connectivity index (χ4n) is 2.41. The minimum Gasteiger partial charge on any atom is -0.469 e. The molecule has 1 fully saturated rings. The largest absolute Gasteiger partial charge is 0.469 e. The molecular weight excluding hydrogens is 322 g/mol. The number of cyclic esters (lactones) is 1. The summed E-state index contributed by atoms with van der Waals surface area (Å²) in [5.74, 6) is -0.620. The Kier molecular flexibility index (Phi) is 4.39. The molecule has 0 aromatic heterocycles. The van der Waals surface area contributed by atoms with Crippen LogP contribution in [-0.2, 0) is 24.3 Å². The molecule has 126 valence electrons. The van der Waals surface area contributed by atoms with Gasteiger partial charge >= 0.3 is 12.1 Å². The summed E-state index contributed by atoms with van der Waals surface area (Å²) >= 11 is 0. The lowest BCUT2D eigenvalue weighted by molar-refractivity contribution is -0.142. The molecule has 1 atom stereocenters. The van der Waals surface area contributed by atoms with Crippen LogP contribution in [0.15, 0.2) is 29.2 Å². The SMILES string of the molecule is COC(=O)CC1N(S(=O)(=O)c2ccc(C)cc2)C(=O)OC1(C)C. The number of nitrogens with zero attached hydrogens (tertiary/aromatic N) is 1. The third-order valence-electron chi connectivity index (χ3n) is 3.78. The molecular formula is C15H19NO6S. The monoisotopic (exact) mass is 341 g/mol. The molecule has 1 aromatic carbocycles. The third-order valence-corrected chi connectivity index (χ3v) is 5.57. The number of esters is 1. The molecule has 0 aliphatic carbocycles. The summed E-state index contributed by atoms with van der Waals surface area (Å²) in [6, 6.07) is 5.12. The highest BCUT2D eigenvalue weighted by Crippen LogP contribution is 2.36. The second-order valence-corrected chi connectivity index (χ2v) is 7.70. The molecule has 1 aliphatic heterocycles. The van der Waals surface area contributed by atoms with Gasteiger partial charge in [-0.15, -0.1) is 0 Å². The van der Waals surface area contributed by atoms with Gasteiger partial charge in [-0.3, -0.25) is 4.79 Å². The highest BCUT2D eigenvalue weighted by atomic mass is 32.2. The first-order valence-corrected chi connectivity index (χ1v) is 8.44. The van der Waals surface area contributed by atoms with Crippen molar-refractivity contribution in [1.29, 1.82) is 0 Å². The molecule has 1 aliphatic rings. The van der Waals surface area contributed by atoms with Crippen LogP contribution in [0, 0.1) is 6.92 Å². The number of rotatable bonds is 4. The summed E-state index contributed by atoms with van der Waals surface area (Å²) in [5, 5.41) is 0. The van der Waals surface area contributed by atoms with Gasteiger partial charge in [-0.1, -0.05) is 17.7 Å². The van der Waals surface area contributed by atoms with Crippen LogP contribution in [0.5, 0.6) is 0 Å². The van der Waals surface area contributed by atoms with Crippen LogP contribution >= 0.6 is 0 Å². The van der Waals surface area contributed by atoms with Gasteiger partial charge in [0.15, 0.2) is 0 Å². The van der Waals surface area contributed by atoms with E-state index in [1.807, 2.05) is 6.92 Å². The molecule has 0 spiro atoms. The van der Waals surface area contributed by atoms with Crippen molar-refractivity contribution >= 4 is 22.1 Å². The van der Waals surface area contributed by atoms with E-state index >= 15 is 0 Å². The molecule has 7 nitrogen and oxygen atoms in total. The predicted molar refractivity (Wildman–Crippen MR) is 81.2 cm³/mol. The lowest BCUT2D eigenvalue weighted by Gasteiger charge is -2.27. The Bertz CT molecular complexity index is 723. The van der Waals surface area contributed by atoms with Gasteiger partial charge in [0.2, 0.25) is 0 Å².